The topological polar surface area (TPSA) is 12.0 Å². The molecule has 0 saturated heterocycles. The molecule has 0 radical (unpaired) electrons. The molecule has 0 amide bonds. The molecule has 1 N–H and O–H groups in total. The summed E-state index contributed by atoms with van der Waals surface area (Å²) in [5, 5.41) is 4.26. The Morgan fingerprint density at radius 3 is 2.40 bits per heavy atom. The Labute approximate surface area is 128 Å². The zero-order valence-electron chi connectivity index (χ0n) is 11.6. The highest BCUT2D eigenvalue weighted by molar-refractivity contribution is 6.33. The smallest absolute Gasteiger partial charge is 0.128 e. The van der Waals surface area contributed by atoms with Gasteiger partial charge in [0.1, 0.15) is 5.82 Å². The molecule has 20 heavy (non-hydrogen) atoms. The SMILES string of the molecule is CNC(c1cc(Cl)ccc1Cl)c1c(C)cc(C)cc1F. The molecule has 0 saturated carbocycles. The molecule has 0 bridgehead atoms. The highest BCUT2D eigenvalue weighted by Crippen LogP contribution is 2.33. The molecule has 106 valence electrons. The highest BCUT2D eigenvalue weighted by atomic mass is 35.5. The third kappa shape index (κ3) is 2.98. The quantitative estimate of drug-likeness (QED) is 0.835. The largest absolute Gasteiger partial charge is 0.309 e. The molecule has 0 aliphatic rings. The number of benzene rings is 2. The van der Waals surface area contributed by atoms with Crippen LogP contribution in [0.2, 0.25) is 10.0 Å². The Hall–Kier alpha value is -1.09. The van der Waals surface area contributed by atoms with Gasteiger partial charge in [-0.05, 0) is 61.9 Å². The van der Waals surface area contributed by atoms with Crippen molar-refractivity contribution in [2.45, 2.75) is 19.9 Å². The first-order valence-corrected chi connectivity index (χ1v) is 7.08. The van der Waals surface area contributed by atoms with Crippen LogP contribution >= 0.6 is 23.2 Å². The Morgan fingerprint density at radius 2 is 1.80 bits per heavy atom. The molecule has 2 aromatic rings. The molecular formula is C16H16Cl2FN. The summed E-state index contributed by atoms with van der Waals surface area (Å²) in [6.07, 6.45) is 0. The van der Waals surface area contributed by atoms with E-state index in [2.05, 4.69) is 5.32 Å². The summed E-state index contributed by atoms with van der Waals surface area (Å²) in [7, 11) is 1.78. The molecule has 1 nitrogen and oxygen atoms in total. The van der Waals surface area contributed by atoms with Crippen molar-refractivity contribution < 1.29 is 4.39 Å². The van der Waals surface area contributed by atoms with Gasteiger partial charge in [0.05, 0.1) is 6.04 Å². The second kappa shape index (κ2) is 6.13. The molecular weight excluding hydrogens is 296 g/mol. The number of aryl methyl sites for hydroxylation is 2. The number of halogens is 3. The van der Waals surface area contributed by atoms with Gasteiger partial charge in [0.2, 0.25) is 0 Å². The van der Waals surface area contributed by atoms with Crippen LogP contribution < -0.4 is 5.32 Å². The van der Waals surface area contributed by atoms with Crippen molar-refractivity contribution in [2.24, 2.45) is 0 Å². The maximum absolute atomic E-state index is 14.4. The van der Waals surface area contributed by atoms with Crippen LogP contribution in [0.25, 0.3) is 0 Å². The van der Waals surface area contributed by atoms with Gasteiger partial charge in [0.15, 0.2) is 0 Å². The molecule has 2 rings (SSSR count). The first kappa shape index (κ1) is 15.3. The summed E-state index contributed by atoms with van der Waals surface area (Å²) in [6.45, 7) is 3.77. The highest BCUT2D eigenvalue weighted by Gasteiger charge is 2.21. The first-order chi connectivity index (χ1) is 9.43. The number of hydrogen-bond donors (Lipinski definition) is 1. The van der Waals surface area contributed by atoms with E-state index in [0.717, 1.165) is 16.7 Å². The van der Waals surface area contributed by atoms with Gasteiger partial charge in [-0.25, -0.2) is 4.39 Å². The minimum Gasteiger partial charge on any atom is -0.309 e. The molecule has 0 aromatic heterocycles. The average molecular weight is 312 g/mol. The van der Waals surface area contributed by atoms with Gasteiger partial charge in [-0.15, -0.1) is 0 Å². The molecule has 1 atom stereocenters. The van der Waals surface area contributed by atoms with Gasteiger partial charge < -0.3 is 5.32 Å². The number of nitrogens with one attached hydrogen (secondary N) is 1. The van der Waals surface area contributed by atoms with Crippen LogP contribution in [0.4, 0.5) is 4.39 Å². The van der Waals surface area contributed by atoms with E-state index in [4.69, 9.17) is 23.2 Å². The van der Waals surface area contributed by atoms with Crippen molar-refractivity contribution in [2.75, 3.05) is 7.05 Å². The Kier molecular flexibility index (Phi) is 4.69. The predicted molar refractivity (Wildman–Crippen MR) is 83.2 cm³/mol. The summed E-state index contributed by atoms with van der Waals surface area (Å²) in [5.41, 5.74) is 3.16. The lowest BCUT2D eigenvalue weighted by atomic mass is 9.93. The molecule has 0 aliphatic carbocycles. The van der Waals surface area contributed by atoms with Crippen molar-refractivity contribution in [3.8, 4) is 0 Å². The zero-order valence-corrected chi connectivity index (χ0v) is 13.1. The third-order valence-electron chi connectivity index (χ3n) is 3.33. The van der Waals surface area contributed by atoms with Crippen LogP contribution in [0.1, 0.15) is 28.3 Å². The molecule has 0 heterocycles. The van der Waals surface area contributed by atoms with Crippen molar-refractivity contribution in [3.63, 3.8) is 0 Å². The molecule has 0 fully saturated rings. The minimum absolute atomic E-state index is 0.238. The van der Waals surface area contributed by atoms with Crippen LogP contribution in [-0.4, -0.2) is 7.05 Å². The second-order valence-corrected chi connectivity index (χ2v) is 5.71. The van der Waals surface area contributed by atoms with Crippen molar-refractivity contribution in [1.82, 2.24) is 5.32 Å². The maximum Gasteiger partial charge on any atom is 0.128 e. The Balaban J connectivity index is 2.61. The monoisotopic (exact) mass is 311 g/mol. The maximum atomic E-state index is 14.4. The standard InChI is InChI=1S/C16H16Cl2FN/c1-9-6-10(2)15(14(19)7-9)16(20-3)12-8-11(17)4-5-13(12)18/h4-8,16,20H,1-3H3. The van der Waals surface area contributed by atoms with E-state index in [1.54, 1.807) is 25.2 Å². The van der Waals surface area contributed by atoms with E-state index in [0.29, 0.717) is 15.6 Å². The normalized spacial score (nSPS) is 12.5. The fraction of sp³-hybridized carbons (Fsp3) is 0.250. The molecule has 0 spiro atoms. The number of rotatable bonds is 3. The van der Waals surface area contributed by atoms with Gasteiger partial charge in [-0.1, -0.05) is 29.3 Å². The van der Waals surface area contributed by atoms with Crippen molar-refractivity contribution in [1.29, 1.82) is 0 Å². The lowest BCUT2D eigenvalue weighted by Gasteiger charge is -2.22. The van der Waals surface area contributed by atoms with Gasteiger partial charge in [0, 0.05) is 15.6 Å². The van der Waals surface area contributed by atoms with E-state index in [1.807, 2.05) is 19.9 Å². The third-order valence-corrected chi connectivity index (χ3v) is 3.91. The molecule has 1 unspecified atom stereocenters. The average Bonchev–Trinajstić information content (AvgIpc) is 2.37. The molecule has 4 heteroatoms. The Bertz CT molecular complexity index is 617. The van der Waals surface area contributed by atoms with E-state index in [-0.39, 0.29) is 11.9 Å². The summed E-state index contributed by atoms with van der Waals surface area (Å²) < 4.78 is 14.4. The summed E-state index contributed by atoms with van der Waals surface area (Å²) in [4.78, 5) is 0. The summed E-state index contributed by atoms with van der Waals surface area (Å²) in [5.74, 6) is -0.238. The van der Waals surface area contributed by atoms with Crippen molar-refractivity contribution >= 4 is 23.2 Å². The van der Waals surface area contributed by atoms with Crippen LogP contribution in [0.5, 0.6) is 0 Å². The first-order valence-electron chi connectivity index (χ1n) is 6.33. The van der Waals surface area contributed by atoms with Crippen LogP contribution in [-0.2, 0) is 0 Å². The van der Waals surface area contributed by atoms with E-state index in [9.17, 15) is 4.39 Å². The van der Waals surface area contributed by atoms with Crippen LogP contribution in [0.3, 0.4) is 0 Å². The Morgan fingerprint density at radius 1 is 1.10 bits per heavy atom. The van der Waals surface area contributed by atoms with E-state index in [1.165, 1.54) is 6.07 Å². The zero-order chi connectivity index (χ0) is 14.9. The fourth-order valence-corrected chi connectivity index (χ4v) is 2.89. The lowest BCUT2D eigenvalue weighted by molar-refractivity contribution is 0.572. The second-order valence-electron chi connectivity index (χ2n) is 4.86. The van der Waals surface area contributed by atoms with Crippen molar-refractivity contribution in [3.05, 3.63) is 68.4 Å². The van der Waals surface area contributed by atoms with Crippen LogP contribution in [0, 0.1) is 19.7 Å². The fourth-order valence-electron chi connectivity index (χ4n) is 2.48. The molecule has 2 aromatic carbocycles. The molecule has 0 aliphatic heterocycles. The van der Waals surface area contributed by atoms with Crippen LogP contribution in [0.15, 0.2) is 30.3 Å². The van der Waals surface area contributed by atoms with Gasteiger partial charge >= 0.3 is 0 Å². The summed E-state index contributed by atoms with van der Waals surface area (Å²) >= 11 is 12.3. The van der Waals surface area contributed by atoms with Gasteiger partial charge in [-0.3, -0.25) is 0 Å². The van der Waals surface area contributed by atoms with E-state index >= 15 is 0 Å². The minimum atomic E-state index is -0.332. The van der Waals surface area contributed by atoms with E-state index < -0.39 is 0 Å². The lowest BCUT2D eigenvalue weighted by Crippen LogP contribution is -2.20. The predicted octanol–water partition coefficient (Wildman–Crippen LogP) is 5.06. The number of hydrogen-bond acceptors (Lipinski definition) is 1. The van der Waals surface area contributed by atoms with Gasteiger partial charge in [0.25, 0.3) is 0 Å². The van der Waals surface area contributed by atoms with Gasteiger partial charge in [-0.2, -0.15) is 0 Å². The summed E-state index contributed by atoms with van der Waals surface area (Å²) in [6, 6.07) is 8.38.